The minimum Gasteiger partial charge on any atom is -0.376 e. The van der Waals surface area contributed by atoms with E-state index in [0.717, 1.165) is 47.2 Å². The second-order valence-corrected chi connectivity index (χ2v) is 7.79. The minimum absolute atomic E-state index is 0.186. The van der Waals surface area contributed by atoms with E-state index in [9.17, 15) is 4.79 Å². The number of nitrogens with zero attached hydrogens (tertiary/aromatic N) is 3. The average molecular weight is 425 g/mol. The molecule has 1 saturated heterocycles. The van der Waals surface area contributed by atoms with Gasteiger partial charge < -0.3 is 15.0 Å². The van der Waals surface area contributed by atoms with Gasteiger partial charge in [-0.05, 0) is 24.5 Å². The van der Waals surface area contributed by atoms with Crippen LogP contribution in [0.2, 0.25) is 0 Å². The van der Waals surface area contributed by atoms with Crippen molar-refractivity contribution in [3.63, 3.8) is 0 Å². The van der Waals surface area contributed by atoms with Crippen molar-refractivity contribution >= 4 is 33.6 Å². The van der Waals surface area contributed by atoms with Crippen LogP contribution in [0.25, 0.3) is 0 Å². The van der Waals surface area contributed by atoms with Crippen LogP contribution in [-0.4, -0.2) is 33.4 Å². The predicted molar refractivity (Wildman–Crippen MR) is 100 cm³/mol. The first-order valence-electron chi connectivity index (χ1n) is 8.31. The minimum atomic E-state index is -0.325. The van der Waals surface area contributed by atoms with E-state index in [4.69, 9.17) is 10.5 Å². The summed E-state index contributed by atoms with van der Waals surface area (Å²) in [5.74, 6) is 1.26. The standard InChI is InChI=1S/C17H21BrN4O2S/c18-14-6-2-1-4-12(14)11-25-17-21-20-16(8-7-15(19)23)22(17)10-13-5-3-9-24-13/h1-2,4,6,13H,3,5,7-11H2,(H2,19,23)/t13-/m1/s1. The summed E-state index contributed by atoms with van der Waals surface area (Å²) in [6.07, 6.45) is 3.10. The molecule has 0 aliphatic carbocycles. The van der Waals surface area contributed by atoms with E-state index in [1.165, 1.54) is 5.56 Å². The van der Waals surface area contributed by atoms with Crippen LogP contribution in [0.5, 0.6) is 0 Å². The summed E-state index contributed by atoms with van der Waals surface area (Å²) >= 11 is 5.22. The third kappa shape index (κ3) is 5.05. The van der Waals surface area contributed by atoms with Crippen molar-refractivity contribution in [3.8, 4) is 0 Å². The Labute approximate surface area is 159 Å². The fourth-order valence-electron chi connectivity index (χ4n) is 2.78. The molecule has 6 nitrogen and oxygen atoms in total. The van der Waals surface area contributed by atoms with Gasteiger partial charge in [-0.2, -0.15) is 0 Å². The van der Waals surface area contributed by atoms with Crippen LogP contribution in [0.4, 0.5) is 0 Å². The number of amides is 1. The number of carbonyl (C=O) groups excluding carboxylic acids is 1. The number of rotatable bonds is 8. The second-order valence-electron chi connectivity index (χ2n) is 5.99. The highest BCUT2D eigenvalue weighted by Crippen LogP contribution is 2.27. The van der Waals surface area contributed by atoms with Crippen LogP contribution in [-0.2, 0) is 28.2 Å². The molecule has 1 aliphatic heterocycles. The van der Waals surface area contributed by atoms with Gasteiger partial charge in [-0.15, -0.1) is 10.2 Å². The number of halogens is 1. The Kier molecular flexibility index (Phi) is 6.50. The van der Waals surface area contributed by atoms with Gasteiger partial charge in [-0.3, -0.25) is 4.79 Å². The van der Waals surface area contributed by atoms with Crippen molar-refractivity contribution in [1.82, 2.24) is 14.8 Å². The van der Waals surface area contributed by atoms with E-state index in [0.29, 0.717) is 6.42 Å². The highest BCUT2D eigenvalue weighted by Gasteiger charge is 2.21. The molecular weight excluding hydrogens is 404 g/mol. The van der Waals surface area contributed by atoms with Gasteiger partial charge in [0.25, 0.3) is 0 Å². The number of aryl methyl sites for hydroxylation is 1. The quantitative estimate of drug-likeness (QED) is 0.658. The molecule has 1 atom stereocenters. The number of benzene rings is 1. The molecule has 0 bridgehead atoms. The predicted octanol–water partition coefficient (Wildman–Crippen LogP) is 2.93. The third-order valence-corrected chi connectivity index (χ3v) is 5.90. The number of hydrogen-bond acceptors (Lipinski definition) is 5. The van der Waals surface area contributed by atoms with Crippen LogP contribution >= 0.6 is 27.7 Å². The van der Waals surface area contributed by atoms with Gasteiger partial charge in [0.1, 0.15) is 5.82 Å². The number of aromatic nitrogens is 3. The van der Waals surface area contributed by atoms with Crippen molar-refractivity contribution in [3.05, 3.63) is 40.1 Å². The SMILES string of the molecule is NC(=O)CCc1nnc(SCc2ccccc2Br)n1C[C@H]1CCCO1. The molecule has 1 aromatic carbocycles. The van der Waals surface area contributed by atoms with Crippen LogP contribution in [0.1, 0.15) is 30.7 Å². The average Bonchev–Trinajstić information content (AvgIpc) is 3.23. The summed E-state index contributed by atoms with van der Waals surface area (Å²) in [6.45, 7) is 1.53. The van der Waals surface area contributed by atoms with E-state index in [1.54, 1.807) is 11.8 Å². The van der Waals surface area contributed by atoms with Gasteiger partial charge in [-0.1, -0.05) is 45.9 Å². The molecule has 0 unspecified atom stereocenters. The normalized spacial score (nSPS) is 17.1. The number of nitrogens with two attached hydrogens (primary N) is 1. The summed E-state index contributed by atoms with van der Waals surface area (Å²) in [5, 5.41) is 9.47. The van der Waals surface area contributed by atoms with Crippen molar-refractivity contribution in [2.24, 2.45) is 5.73 Å². The van der Waals surface area contributed by atoms with Gasteiger partial charge in [0.15, 0.2) is 5.16 Å². The van der Waals surface area contributed by atoms with Gasteiger partial charge in [-0.25, -0.2) is 0 Å². The Hall–Kier alpha value is -1.38. The van der Waals surface area contributed by atoms with Gasteiger partial charge in [0.05, 0.1) is 12.6 Å². The zero-order chi connectivity index (χ0) is 17.6. The Morgan fingerprint density at radius 2 is 2.24 bits per heavy atom. The van der Waals surface area contributed by atoms with Crippen LogP contribution < -0.4 is 5.73 Å². The molecule has 25 heavy (non-hydrogen) atoms. The fourth-order valence-corrected chi connectivity index (χ4v) is 4.36. The summed E-state index contributed by atoms with van der Waals surface area (Å²) in [4.78, 5) is 11.1. The van der Waals surface area contributed by atoms with Gasteiger partial charge in [0.2, 0.25) is 5.91 Å². The zero-order valence-electron chi connectivity index (χ0n) is 13.9. The molecule has 0 radical (unpaired) electrons. The van der Waals surface area contributed by atoms with Gasteiger partial charge in [0, 0.05) is 29.7 Å². The molecule has 2 heterocycles. The Balaban J connectivity index is 1.74. The van der Waals surface area contributed by atoms with Crippen molar-refractivity contribution in [2.45, 2.75) is 49.2 Å². The van der Waals surface area contributed by atoms with Gasteiger partial charge >= 0.3 is 0 Å². The first-order chi connectivity index (χ1) is 12.1. The number of ether oxygens (including phenoxy) is 1. The summed E-state index contributed by atoms with van der Waals surface area (Å²) < 4.78 is 8.93. The number of primary amides is 1. The van der Waals surface area contributed by atoms with E-state index in [-0.39, 0.29) is 18.4 Å². The smallest absolute Gasteiger partial charge is 0.217 e. The fraction of sp³-hybridized carbons (Fsp3) is 0.471. The van der Waals surface area contributed by atoms with Crippen LogP contribution in [0.15, 0.2) is 33.9 Å². The third-order valence-electron chi connectivity index (χ3n) is 4.11. The number of thioether (sulfide) groups is 1. The van der Waals surface area contributed by atoms with Crippen molar-refractivity contribution in [2.75, 3.05) is 6.61 Å². The lowest BCUT2D eigenvalue weighted by Gasteiger charge is -2.14. The topological polar surface area (TPSA) is 83.0 Å². The molecule has 1 aromatic heterocycles. The Morgan fingerprint density at radius 3 is 2.96 bits per heavy atom. The maximum absolute atomic E-state index is 11.1. The van der Waals surface area contributed by atoms with E-state index in [2.05, 4.69) is 36.8 Å². The molecule has 1 amide bonds. The first-order valence-corrected chi connectivity index (χ1v) is 10.1. The van der Waals surface area contributed by atoms with E-state index in [1.807, 2.05) is 18.2 Å². The summed E-state index contributed by atoms with van der Waals surface area (Å²) in [6, 6.07) is 8.15. The molecule has 0 spiro atoms. The lowest BCUT2D eigenvalue weighted by atomic mass is 10.2. The largest absolute Gasteiger partial charge is 0.376 e. The first kappa shape index (κ1) is 18.4. The number of hydrogen-bond donors (Lipinski definition) is 1. The highest BCUT2D eigenvalue weighted by atomic mass is 79.9. The maximum atomic E-state index is 11.1. The molecule has 1 fully saturated rings. The number of carbonyl (C=O) groups is 1. The van der Waals surface area contributed by atoms with Crippen LogP contribution in [0, 0.1) is 0 Å². The molecule has 8 heteroatoms. The Morgan fingerprint density at radius 1 is 1.40 bits per heavy atom. The summed E-state index contributed by atoms with van der Waals surface area (Å²) in [5.41, 5.74) is 6.49. The van der Waals surface area contributed by atoms with Crippen LogP contribution in [0.3, 0.4) is 0 Å². The Bertz CT molecular complexity index is 731. The molecule has 1 aliphatic rings. The maximum Gasteiger partial charge on any atom is 0.217 e. The highest BCUT2D eigenvalue weighted by molar-refractivity contribution is 9.10. The monoisotopic (exact) mass is 424 g/mol. The lowest BCUT2D eigenvalue weighted by molar-refractivity contribution is -0.118. The molecule has 0 saturated carbocycles. The molecular formula is C17H21BrN4O2S. The lowest BCUT2D eigenvalue weighted by Crippen LogP contribution is -2.19. The summed E-state index contributed by atoms with van der Waals surface area (Å²) in [7, 11) is 0. The molecule has 2 aromatic rings. The van der Waals surface area contributed by atoms with Crippen molar-refractivity contribution < 1.29 is 9.53 Å². The second kappa shape index (κ2) is 8.82. The molecule has 2 N–H and O–H groups in total. The van der Waals surface area contributed by atoms with E-state index >= 15 is 0 Å². The molecule has 134 valence electrons. The van der Waals surface area contributed by atoms with E-state index < -0.39 is 0 Å². The van der Waals surface area contributed by atoms with Crippen molar-refractivity contribution in [1.29, 1.82) is 0 Å². The molecule has 3 rings (SSSR count). The zero-order valence-corrected chi connectivity index (χ0v) is 16.3.